The third-order valence-corrected chi connectivity index (χ3v) is 5.01. The molecule has 0 spiro atoms. The predicted molar refractivity (Wildman–Crippen MR) is 106 cm³/mol. The molecule has 0 aliphatic carbocycles. The molecule has 0 saturated carbocycles. The number of carbonyl (C=O) groups excluding carboxylic acids is 1. The van der Waals surface area contributed by atoms with Gasteiger partial charge in [-0.25, -0.2) is 9.48 Å². The van der Waals surface area contributed by atoms with Crippen molar-refractivity contribution in [1.82, 2.24) is 25.2 Å². The lowest BCUT2D eigenvalue weighted by Gasteiger charge is -2.09. The summed E-state index contributed by atoms with van der Waals surface area (Å²) in [6, 6.07) is 15.9. The number of hydrogen-bond donors (Lipinski definition) is 0. The normalized spacial score (nSPS) is 10.8. The minimum absolute atomic E-state index is 0.291. The van der Waals surface area contributed by atoms with Crippen LogP contribution in [0.5, 0.6) is 0 Å². The van der Waals surface area contributed by atoms with E-state index in [-0.39, 0.29) is 0 Å². The van der Waals surface area contributed by atoms with Crippen molar-refractivity contribution in [3.8, 4) is 27.4 Å². The minimum atomic E-state index is -0.450. The Kier molecular flexibility index (Phi) is 4.94. The molecule has 0 N–H and O–H groups in total. The van der Waals surface area contributed by atoms with Crippen LogP contribution in [0.3, 0.4) is 0 Å². The van der Waals surface area contributed by atoms with Crippen LogP contribution in [-0.4, -0.2) is 37.8 Å². The lowest BCUT2D eigenvalue weighted by molar-refractivity contribution is 0.0515. The number of carbonyl (C=O) groups is 1. The van der Waals surface area contributed by atoms with Crippen LogP contribution in [0.1, 0.15) is 22.4 Å². The van der Waals surface area contributed by atoms with E-state index in [1.54, 1.807) is 18.3 Å². The smallest absolute Gasteiger partial charge is 0.358 e. The van der Waals surface area contributed by atoms with E-state index in [0.717, 1.165) is 32.4 Å². The van der Waals surface area contributed by atoms with Crippen LogP contribution in [0.2, 0.25) is 0 Å². The van der Waals surface area contributed by atoms with Gasteiger partial charge in [0.05, 0.1) is 18.5 Å². The summed E-state index contributed by atoms with van der Waals surface area (Å²) in [5.74, 6) is -0.450. The van der Waals surface area contributed by atoms with E-state index in [2.05, 4.69) is 26.6 Å². The number of ether oxygens (including phenoxy) is 1. The molecule has 0 aliphatic rings. The third-order valence-electron chi connectivity index (χ3n) is 4.14. The van der Waals surface area contributed by atoms with E-state index in [4.69, 9.17) is 4.74 Å². The summed E-state index contributed by atoms with van der Waals surface area (Å²) in [5, 5.41) is 18.1. The maximum absolute atomic E-state index is 12.1. The summed E-state index contributed by atoms with van der Waals surface area (Å²) in [6.45, 7) is 4.00. The Morgan fingerprint density at radius 3 is 2.50 bits per heavy atom. The maximum Gasteiger partial charge on any atom is 0.358 e. The third kappa shape index (κ3) is 3.41. The molecule has 0 aliphatic heterocycles. The van der Waals surface area contributed by atoms with Crippen LogP contribution >= 0.6 is 11.3 Å². The molecule has 2 heterocycles. The zero-order valence-electron chi connectivity index (χ0n) is 15.4. The van der Waals surface area contributed by atoms with Crippen LogP contribution in [0.25, 0.3) is 27.4 Å². The van der Waals surface area contributed by atoms with Crippen molar-refractivity contribution in [2.24, 2.45) is 0 Å². The molecule has 0 atom stereocenters. The topological polar surface area (TPSA) is 82.8 Å². The largest absolute Gasteiger partial charge is 0.461 e. The molecule has 0 fully saturated rings. The summed E-state index contributed by atoms with van der Waals surface area (Å²) in [5.41, 5.74) is 4.15. The van der Waals surface area contributed by atoms with Crippen LogP contribution in [-0.2, 0) is 4.74 Å². The summed E-state index contributed by atoms with van der Waals surface area (Å²) in [4.78, 5) is 12.1. The maximum atomic E-state index is 12.1. The molecule has 4 rings (SSSR count). The quantitative estimate of drug-likeness (QED) is 0.479. The van der Waals surface area contributed by atoms with Crippen molar-refractivity contribution < 1.29 is 9.53 Å². The van der Waals surface area contributed by atoms with Gasteiger partial charge in [0.25, 0.3) is 0 Å². The number of esters is 1. The number of rotatable bonds is 5. The Hall–Kier alpha value is -3.39. The van der Waals surface area contributed by atoms with Crippen LogP contribution < -0.4 is 0 Å². The van der Waals surface area contributed by atoms with Gasteiger partial charge in [0.15, 0.2) is 5.69 Å². The number of benzene rings is 2. The zero-order chi connectivity index (χ0) is 19.5. The van der Waals surface area contributed by atoms with E-state index >= 15 is 0 Å². The molecular weight excluding hydrogens is 374 g/mol. The van der Waals surface area contributed by atoms with Crippen molar-refractivity contribution >= 4 is 17.3 Å². The van der Waals surface area contributed by atoms with Gasteiger partial charge < -0.3 is 4.74 Å². The average Bonchev–Trinajstić information content (AvgIpc) is 3.38. The van der Waals surface area contributed by atoms with Gasteiger partial charge in [-0.15, -0.1) is 15.3 Å². The predicted octanol–water partition coefficient (Wildman–Crippen LogP) is 3.94. The minimum Gasteiger partial charge on any atom is -0.461 e. The van der Waals surface area contributed by atoms with Crippen molar-refractivity contribution in [3.05, 3.63) is 65.4 Å². The molecule has 4 aromatic rings. The van der Waals surface area contributed by atoms with E-state index in [1.807, 2.05) is 49.4 Å². The number of nitrogens with zero attached hydrogens (tertiary/aromatic N) is 5. The van der Waals surface area contributed by atoms with Crippen LogP contribution in [0, 0.1) is 6.92 Å². The molecular formula is C20H17N5O2S. The molecule has 0 amide bonds. The van der Waals surface area contributed by atoms with E-state index in [1.165, 1.54) is 10.9 Å². The Bertz CT molecular complexity index is 1120. The zero-order valence-corrected chi connectivity index (χ0v) is 16.2. The van der Waals surface area contributed by atoms with Gasteiger partial charge >= 0.3 is 5.97 Å². The van der Waals surface area contributed by atoms with Crippen molar-refractivity contribution in [3.63, 3.8) is 0 Å². The standard InChI is InChI=1S/C20H17N5O2S/c1-3-27-20(26)18-12-21-24-25(18)15-10-8-14(9-11-15)16-6-4-5-7-17(16)19-23-22-13(2)28-19/h4-12H,3H2,1-2H3. The first-order valence-electron chi connectivity index (χ1n) is 8.75. The molecule has 8 heteroatoms. The molecule has 28 heavy (non-hydrogen) atoms. The molecule has 7 nitrogen and oxygen atoms in total. The van der Waals surface area contributed by atoms with Gasteiger partial charge in [0, 0.05) is 5.56 Å². The van der Waals surface area contributed by atoms with Gasteiger partial charge in [-0.1, -0.05) is 52.9 Å². The van der Waals surface area contributed by atoms with Gasteiger partial charge in [-0.3, -0.25) is 0 Å². The van der Waals surface area contributed by atoms with Crippen LogP contribution in [0.4, 0.5) is 0 Å². The van der Waals surface area contributed by atoms with Gasteiger partial charge in [-0.2, -0.15) is 0 Å². The molecule has 0 radical (unpaired) electrons. The monoisotopic (exact) mass is 391 g/mol. The first kappa shape index (κ1) is 18.0. The fourth-order valence-electron chi connectivity index (χ4n) is 2.88. The summed E-state index contributed by atoms with van der Waals surface area (Å²) < 4.78 is 6.53. The first-order chi connectivity index (χ1) is 13.7. The lowest BCUT2D eigenvalue weighted by atomic mass is 10.00. The molecule has 140 valence electrons. The van der Waals surface area contributed by atoms with Crippen molar-refractivity contribution in [2.75, 3.05) is 6.61 Å². The Labute approximate surface area is 165 Å². The second kappa shape index (κ2) is 7.69. The second-order valence-electron chi connectivity index (χ2n) is 5.97. The molecule has 0 saturated heterocycles. The summed E-state index contributed by atoms with van der Waals surface area (Å²) in [6.07, 6.45) is 1.40. The first-order valence-corrected chi connectivity index (χ1v) is 9.57. The van der Waals surface area contributed by atoms with Gasteiger partial charge in [0.1, 0.15) is 10.0 Å². The van der Waals surface area contributed by atoms with Gasteiger partial charge in [0.2, 0.25) is 0 Å². The highest BCUT2D eigenvalue weighted by Gasteiger charge is 2.16. The van der Waals surface area contributed by atoms with Crippen LogP contribution in [0.15, 0.2) is 54.7 Å². The lowest BCUT2D eigenvalue weighted by Crippen LogP contribution is -2.11. The SMILES string of the molecule is CCOC(=O)c1cnnn1-c1ccc(-c2ccccc2-c2nnc(C)s2)cc1. The average molecular weight is 391 g/mol. The fourth-order valence-corrected chi connectivity index (χ4v) is 3.61. The van der Waals surface area contributed by atoms with E-state index < -0.39 is 5.97 Å². The Balaban J connectivity index is 1.69. The molecule has 0 unspecified atom stereocenters. The summed E-state index contributed by atoms with van der Waals surface area (Å²) >= 11 is 1.56. The van der Waals surface area contributed by atoms with Crippen molar-refractivity contribution in [1.29, 1.82) is 0 Å². The highest BCUT2D eigenvalue weighted by Crippen LogP contribution is 2.33. The molecule has 2 aromatic heterocycles. The second-order valence-corrected chi connectivity index (χ2v) is 7.15. The summed E-state index contributed by atoms with van der Waals surface area (Å²) in [7, 11) is 0. The van der Waals surface area contributed by atoms with E-state index in [0.29, 0.717) is 12.3 Å². The van der Waals surface area contributed by atoms with E-state index in [9.17, 15) is 4.79 Å². The number of hydrogen-bond acceptors (Lipinski definition) is 7. The Morgan fingerprint density at radius 1 is 1.07 bits per heavy atom. The molecule has 2 aromatic carbocycles. The highest BCUT2D eigenvalue weighted by atomic mass is 32.1. The van der Waals surface area contributed by atoms with Gasteiger partial charge in [-0.05, 0) is 37.1 Å². The van der Waals surface area contributed by atoms with Crippen molar-refractivity contribution in [2.45, 2.75) is 13.8 Å². The fraction of sp³-hybridized carbons (Fsp3) is 0.150. The Morgan fingerprint density at radius 2 is 1.82 bits per heavy atom. The molecule has 0 bridgehead atoms. The highest BCUT2D eigenvalue weighted by molar-refractivity contribution is 7.14. The number of aryl methyl sites for hydroxylation is 1. The number of aromatic nitrogens is 5.